The first-order valence-corrected chi connectivity index (χ1v) is 7.96. The van der Waals surface area contributed by atoms with Crippen LogP contribution in [0.2, 0.25) is 0 Å². The quantitative estimate of drug-likeness (QED) is 0.817. The summed E-state index contributed by atoms with van der Waals surface area (Å²) < 4.78 is 0. The summed E-state index contributed by atoms with van der Waals surface area (Å²) in [6.45, 7) is 10.8. The lowest BCUT2D eigenvalue weighted by Gasteiger charge is -2.41. The molecule has 1 saturated carbocycles. The topological polar surface area (TPSA) is 29.3 Å². The molecule has 2 fully saturated rings. The minimum Gasteiger partial charge on any atom is -0.330 e. The van der Waals surface area contributed by atoms with Gasteiger partial charge in [0.15, 0.2) is 0 Å². The van der Waals surface area contributed by atoms with Gasteiger partial charge in [-0.2, -0.15) is 0 Å². The van der Waals surface area contributed by atoms with Gasteiger partial charge in [0.2, 0.25) is 0 Å². The Labute approximate surface area is 113 Å². The summed E-state index contributed by atoms with van der Waals surface area (Å²) in [5.41, 5.74) is 6.56. The van der Waals surface area contributed by atoms with E-state index in [2.05, 4.69) is 25.7 Å². The van der Waals surface area contributed by atoms with Gasteiger partial charge in [0.05, 0.1) is 0 Å². The van der Waals surface area contributed by atoms with Crippen molar-refractivity contribution >= 4 is 0 Å². The molecule has 18 heavy (non-hydrogen) atoms. The lowest BCUT2D eigenvalue weighted by Crippen LogP contribution is -2.47. The standard InChI is InChI=1S/C16H32N2/c1-13-5-6-14(12-17)15(11-13)18-9-4-7-16(2,3)8-10-18/h13-15H,4-12,17H2,1-3H3. The maximum absolute atomic E-state index is 6.01. The van der Waals surface area contributed by atoms with Crippen molar-refractivity contribution in [2.24, 2.45) is 23.0 Å². The number of nitrogens with zero attached hydrogens (tertiary/aromatic N) is 1. The van der Waals surface area contributed by atoms with Crippen molar-refractivity contribution in [1.82, 2.24) is 4.90 Å². The monoisotopic (exact) mass is 252 g/mol. The van der Waals surface area contributed by atoms with Gasteiger partial charge in [-0.15, -0.1) is 0 Å². The number of nitrogens with two attached hydrogens (primary N) is 1. The predicted octanol–water partition coefficient (Wildman–Crippen LogP) is 3.26. The Morgan fingerprint density at radius 1 is 1.17 bits per heavy atom. The van der Waals surface area contributed by atoms with Gasteiger partial charge in [-0.1, -0.05) is 27.2 Å². The van der Waals surface area contributed by atoms with E-state index in [1.165, 1.54) is 51.6 Å². The van der Waals surface area contributed by atoms with Crippen LogP contribution in [0.15, 0.2) is 0 Å². The molecular weight excluding hydrogens is 220 g/mol. The third kappa shape index (κ3) is 3.48. The molecule has 0 aromatic rings. The molecule has 0 spiro atoms. The van der Waals surface area contributed by atoms with Gasteiger partial charge in [-0.05, 0) is 69.0 Å². The van der Waals surface area contributed by atoms with Crippen LogP contribution in [0.3, 0.4) is 0 Å². The van der Waals surface area contributed by atoms with Gasteiger partial charge in [0, 0.05) is 6.04 Å². The molecular formula is C16H32N2. The lowest BCUT2D eigenvalue weighted by atomic mass is 9.78. The van der Waals surface area contributed by atoms with E-state index in [0.717, 1.165) is 24.4 Å². The third-order valence-electron chi connectivity index (χ3n) is 5.36. The fourth-order valence-corrected chi connectivity index (χ4v) is 3.91. The van der Waals surface area contributed by atoms with E-state index in [0.29, 0.717) is 5.41 Å². The summed E-state index contributed by atoms with van der Waals surface area (Å²) in [5, 5.41) is 0. The summed E-state index contributed by atoms with van der Waals surface area (Å²) in [5.74, 6) is 1.65. The van der Waals surface area contributed by atoms with Crippen molar-refractivity contribution < 1.29 is 0 Å². The Balaban J connectivity index is 1.99. The van der Waals surface area contributed by atoms with E-state index in [1.807, 2.05) is 0 Å². The SMILES string of the molecule is CC1CCC(CN)C(N2CCCC(C)(C)CC2)C1. The summed E-state index contributed by atoms with van der Waals surface area (Å²) >= 11 is 0. The predicted molar refractivity (Wildman–Crippen MR) is 78.6 cm³/mol. The number of hydrogen-bond donors (Lipinski definition) is 1. The first kappa shape index (κ1) is 14.3. The van der Waals surface area contributed by atoms with E-state index in [1.54, 1.807) is 0 Å². The number of likely N-dealkylation sites (tertiary alicyclic amines) is 1. The zero-order valence-corrected chi connectivity index (χ0v) is 12.6. The average molecular weight is 252 g/mol. The van der Waals surface area contributed by atoms with Crippen LogP contribution in [0.25, 0.3) is 0 Å². The molecule has 0 amide bonds. The second-order valence-corrected chi connectivity index (χ2v) is 7.54. The van der Waals surface area contributed by atoms with E-state index >= 15 is 0 Å². The minimum atomic E-state index is 0.549. The van der Waals surface area contributed by atoms with Crippen molar-refractivity contribution in [3.63, 3.8) is 0 Å². The summed E-state index contributed by atoms with van der Waals surface area (Å²) in [7, 11) is 0. The Morgan fingerprint density at radius 3 is 2.67 bits per heavy atom. The minimum absolute atomic E-state index is 0.549. The van der Waals surface area contributed by atoms with E-state index < -0.39 is 0 Å². The van der Waals surface area contributed by atoms with E-state index in [9.17, 15) is 0 Å². The zero-order chi connectivity index (χ0) is 13.2. The molecule has 1 aliphatic heterocycles. The second kappa shape index (κ2) is 5.92. The van der Waals surface area contributed by atoms with Gasteiger partial charge in [-0.3, -0.25) is 0 Å². The second-order valence-electron chi connectivity index (χ2n) is 7.54. The van der Waals surface area contributed by atoms with E-state index in [4.69, 9.17) is 5.73 Å². The van der Waals surface area contributed by atoms with Gasteiger partial charge in [-0.25, -0.2) is 0 Å². The molecule has 3 unspecified atom stereocenters. The van der Waals surface area contributed by atoms with Crippen molar-refractivity contribution in [2.75, 3.05) is 19.6 Å². The Hall–Kier alpha value is -0.0800. The van der Waals surface area contributed by atoms with Crippen LogP contribution in [0.1, 0.15) is 59.3 Å². The average Bonchev–Trinajstić information content (AvgIpc) is 2.50. The molecule has 1 heterocycles. The third-order valence-corrected chi connectivity index (χ3v) is 5.36. The lowest BCUT2D eigenvalue weighted by molar-refractivity contribution is 0.0863. The van der Waals surface area contributed by atoms with Crippen LogP contribution in [0.4, 0.5) is 0 Å². The van der Waals surface area contributed by atoms with Crippen LogP contribution < -0.4 is 5.73 Å². The molecule has 2 nitrogen and oxygen atoms in total. The first-order chi connectivity index (χ1) is 8.52. The smallest absolute Gasteiger partial charge is 0.0138 e. The highest BCUT2D eigenvalue weighted by molar-refractivity contribution is 4.88. The summed E-state index contributed by atoms with van der Waals surface area (Å²) in [6.07, 6.45) is 8.23. The molecule has 2 rings (SSSR count). The van der Waals surface area contributed by atoms with Gasteiger partial charge < -0.3 is 10.6 Å². The number of hydrogen-bond acceptors (Lipinski definition) is 2. The number of rotatable bonds is 2. The maximum Gasteiger partial charge on any atom is 0.0138 e. The highest BCUT2D eigenvalue weighted by atomic mass is 15.2. The van der Waals surface area contributed by atoms with Crippen LogP contribution >= 0.6 is 0 Å². The summed E-state index contributed by atoms with van der Waals surface area (Å²) in [4.78, 5) is 2.78. The van der Waals surface area contributed by atoms with E-state index in [-0.39, 0.29) is 0 Å². The first-order valence-electron chi connectivity index (χ1n) is 7.96. The van der Waals surface area contributed by atoms with Crippen LogP contribution in [0.5, 0.6) is 0 Å². The Morgan fingerprint density at radius 2 is 1.94 bits per heavy atom. The molecule has 0 bridgehead atoms. The largest absolute Gasteiger partial charge is 0.330 e. The van der Waals surface area contributed by atoms with Gasteiger partial charge in [0.1, 0.15) is 0 Å². The van der Waals surface area contributed by atoms with Crippen LogP contribution in [-0.2, 0) is 0 Å². The highest BCUT2D eigenvalue weighted by Gasteiger charge is 2.34. The fourth-order valence-electron chi connectivity index (χ4n) is 3.91. The van der Waals surface area contributed by atoms with Crippen molar-refractivity contribution in [3.05, 3.63) is 0 Å². The molecule has 106 valence electrons. The molecule has 0 radical (unpaired) electrons. The van der Waals surface area contributed by atoms with Crippen molar-refractivity contribution in [3.8, 4) is 0 Å². The molecule has 0 aromatic heterocycles. The van der Waals surface area contributed by atoms with Crippen molar-refractivity contribution in [1.29, 1.82) is 0 Å². The Bertz CT molecular complexity index is 262. The highest BCUT2D eigenvalue weighted by Crippen LogP contribution is 2.36. The molecule has 2 heteroatoms. The Kier molecular flexibility index (Phi) is 4.71. The fraction of sp³-hybridized carbons (Fsp3) is 1.00. The molecule has 3 atom stereocenters. The van der Waals surface area contributed by atoms with Gasteiger partial charge in [0.25, 0.3) is 0 Å². The molecule has 1 aliphatic carbocycles. The van der Waals surface area contributed by atoms with Gasteiger partial charge >= 0.3 is 0 Å². The van der Waals surface area contributed by atoms with Crippen molar-refractivity contribution in [2.45, 2.75) is 65.3 Å². The normalized spacial score (nSPS) is 38.3. The summed E-state index contributed by atoms with van der Waals surface area (Å²) in [6, 6.07) is 0.771. The maximum atomic E-state index is 6.01. The molecule has 0 aromatic carbocycles. The van der Waals surface area contributed by atoms with Crippen LogP contribution in [-0.4, -0.2) is 30.6 Å². The van der Waals surface area contributed by atoms with Crippen LogP contribution in [0, 0.1) is 17.3 Å². The molecule has 1 saturated heterocycles. The zero-order valence-electron chi connectivity index (χ0n) is 12.6. The molecule has 2 N–H and O–H groups in total. The molecule has 2 aliphatic rings.